The van der Waals surface area contributed by atoms with Gasteiger partial charge in [-0.15, -0.1) is 12.4 Å². The van der Waals surface area contributed by atoms with E-state index in [9.17, 15) is 0 Å². The third-order valence-corrected chi connectivity index (χ3v) is 2.55. The molecule has 1 heterocycles. The van der Waals surface area contributed by atoms with Gasteiger partial charge in [0.15, 0.2) is 0 Å². The van der Waals surface area contributed by atoms with Crippen LogP contribution in [0.3, 0.4) is 0 Å². The number of hydrogen-bond donors (Lipinski definition) is 1. The molecule has 1 aromatic rings. The molecule has 0 atom stereocenters. The second-order valence-electron chi connectivity index (χ2n) is 3.94. The van der Waals surface area contributed by atoms with Crippen molar-refractivity contribution in [3.63, 3.8) is 0 Å². The van der Waals surface area contributed by atoms with Gasteiger partial charge >= 0.3 is 0 Å². The molecule has 0 spiro atoms. The maximum atomic E-state index is 4.24. The molecule has 3 nitrogen and oxygen atoms in total. The predicted molar refractivity (Wildman–Crippen MR) is 71.0 cm³/mol. The first kappa shape index (κ1) is 15.5. The predicted octanol–water partition coefficient (Wildman–Crippen LogP) is 2.99. The molecule has 0 aliphatic carbocycles. The fourth-order valence-electron chi connectivity index (χ4n) is 1.58. The first-order chi connectivity index (χ1) is 7.36. The number of aromatic nitrogens is 2. The summed E-state index contributed by atoms with van der Waals surface area (Å²) in [4.78, 5) is 0. The number of aryl methyl sites for hydroxylation is 1. The zero-order valence-corrected chi connectivity index (χ0v) is 11.2. The van der Waals surface area contributed by atoms with Crippen LogP contribution in [0, 0.1) is 0 Å². The fraction of sp³-hybridized carbons (Fsp3) is 0.750. The lowest BCUT2D eigenvalue weighted by atomic mass is 10.2. The van der Waals surface area contributed by atoms with Crippen LogP contribution in [0.2, 0.25) is 0 Å². The van der Waals surface area contributed by atoms with E-state index in [2.05, 4.69) is 30.5 Å². The highest BCUT2D eigenvalue weighted by molar-refractivity contribution is 5.85. The lowest BCUT2D eigenvalue weighted by Gasteiger charge is -2.02. The van der Waals surface area contributed by atoms with E-state index in [1.165, 1.54) is 31.2 Å². The molecule has 0 aliphatic heterocycles. The first-order valence-electron chi connectivity index (χ1n) is 6.08. The number of rotatable bonds is 8. The van der Waals surface area contributed by atoms with Crippen molar-refractivity contribution >= 4 is 12.4 Å². The van der Waals surface area contributed by atoms with Crippen molar-refractivity contribution < 1.29 is 0 Å². The molecular formula is C12H24ClN3. The van der Waals surface area contributed by atoms with Crippen molar-refractivity contribution in [1.29, 1.82) is 0 Å². The maximum Gasteiger partial charge on any atom is 0.0534 e. The summed E-state index contributed by atoms with van der Waals surface area (Å²) < 4.78 is 1.97. The molecule has 0 fully saturated rings. The second kappa shape index (κ2) is 9.67. The van der Waals surface area contributed by atoms with E-state index in [1.54, 1.807) is 0 Å². The Morgan fingerprint density at radius 1 is 1.25 bits per heavy atom. The molecule has 0 unspecified atom stereocenters. The van der Waals surface area contributed by atoms with Gasteiger partial charge in [0.2, 0.25) is 0 Å². The maximum absolute atomic E-state index is 4.24. The normalized spacial score (nSPS) is 10.1. The quantitative estimate of drug-likeness (QED) is 0.714. The summed E-state index contributed by atoms with van der Waals surface area (Å²) >= 11 is 0. The minimum atomic E-state index is 0. The summed E-state index contributed by atoms with van der Waals surface area (Å²) in [6, 6.07) is 0. The molecule has 94 valence electrons. The van der Waals surface area contributed by atoms with Gasteiger partial charge in [-0.25, -0.2) is 0 Å². The number of nitrogens with one attached hydrogen (secondary N) is 1. The molecule has 16 heavy (non-hydrogen) atoms. The van der Waals surface area contributed by atoms with Gasteiger partial charge in [-0.2, -0.15) is 5.10 Å². The Hall–Kier alpha value is -0.540. The van der Waals surface area contributed by atoms with Crippen molar-refractivity contribution in [2.45, 2.75) is 52.6 Å². The average molecular weight is 246 g/mol. The lowest BCUT2D eigenvalue weighted by molar-refractivity contribution is 0.597. The molecular weight excluding hydrogens is 222 g/mol. The van der Waals surface area contributed by atoms with Gasteiger partial charge < -0.3 is 5.32 Å². The smallest absolute Gasteiger partial charge is 0.0534 e. The van der Waals surface area contributed by atoms with Gasteiger partial charge in [0.1, 0.15) is 0 Å². The van der Waals surface area contributed by atoms with Gasteiger partial charge in [0.25, 0.3) is 0 Å². The van der Waals surface area contributed by atoms with E-state index in [1.807, 2.05) is 10.9 Å². The molecule has 0 aromatic carbocycles. The third kappa shape index (κ3) is 6.13. The van der Waals surface area contributed by atoms with Crippen LogP contribution in [-0.4, -0.2) is 16.3 Å². The lowest BCUT2D eigenvalue weighted by Crippen LogP contribution is -2.14. The molecule has 0 bridgehead atoms. The van der Waals surface area contributed by atoms with Gasteiger partial charge in [0, 0.05) is 24.8 Å². The monoisotopic (exact) mass is 245 g/mol. The van der Waals surface area contributed by atoms with Gasteiger partial charge in [-0.05, 0) is 19.9 Å². The largest absolute Gasteiger partial charge is 0.313 e. The molecule has 1 aromatic heterocycles. The molecule has 1 rings (SSSR count). The number of halogens is 1. The Morgan fingerprint density at radius 3 is 2.69 bits per heavy atom. The van der Waals surface area contributed by atoms with Gasteiger partial charge in [0.05, 0.1) is 6.20 Å². The Balaban J connectivity index is 0.00000225. The van der Waals surface area contributed by atoms with Crippen LogP contribution in [0.4, 0.5) is 0 Å². The third-order valence-electron chi connectivity index (χ3n) is 2.55. The topological polar surface area (TPSA) is 29.9 Å². The number of nitrogens with zero attached hydrogens (tertiary/aromatic N) is 2. The van der Waals surface area contributed by atoms with E-state index in [0.29, 0.717) is 0 Å². The summed E-state index contributed by atoms with van der Waals surface area (Å²) in [6.07, 6.45) is 9.35. The minimum Gasteiger partial charge on any atom is -0.313 e. The zero-order chi connectivity index (χ0) is 10.9. The van der Waals surface area contributed by atoms with E-state index < -0.39 is 0 Å². The van der Waals surface area contributed by atoms with Crippen LogP contribution >= 0.6 is 12.4 Å². The van der Waals surface area contributed by atoms with Crippen LogP contribution in [0.15, 0.2) is 12.4 Å². The highest BCUT2D eigenvalue weighted by Gasteiger charge is 1.96. The Labute approximate surface area is 105 Å². The second-order valence-corrected chi connectivity index (χ2v) is 3.94. The average Bonchev–Trinajstić information content (AvgIpc) is 2.71. The van der Waals surface area contributed by atoms with E-state index in [0.717, 1.165) is 19.6 Å². The fourth-order valence-corrected chi connectivity index (χ4v) is 1.58. The van der Waals surface area contributed by atoms with Crippen LogP contribution in [0.25, 0.3) is 0 Å². The summed E-state index contributed by atoms with van der Waals surface area (Å²) in [5.74, 6) is 0. The molecule has 4 heteroatoms. The molecule has 0 amide bonds. The minimum absolute atomic E-state index is 0. The Morgan fingerprint density at radius 2 is 2.06 bits per heavy atom. The highest BCUT2D eigenvalue weighted by Crippen LogP contribution is 1.99. The standard InChI is InChI=1S/C12H23N3.ClH/c1-3-5-6-7-8-13-9-12-10-14-15(4-2)11-12;/h10-11,13H,3-9H2,1-2H3;1H. The molecule has 0 aliphatic rings. The molecule has 0 radical (unpaired) electrons. The Kier molecular flexibility index (Phi) is 9.34. The van der Waals surface area contributed by atoms with Gasteiger partial charge in [-0.3, -0.25) is 4.68 Å². The number of hydrogen-bond acceptors (Lipinski definition) is 2. The first-order valence-corrected chi connectivity index (χ1v) is 6.08. The van der Waals surface area contributed by atoms with Crippen LogP contribution in [-0.2, 0) is 13.1 Å². The van der Waals surface area contributed by atoms with Crippen molar-refractivity contribution in [3.8, 4) is 0 Å². The highest BCUT2D eigenvalue weighted by atomic mass is 35.5. The van der Waals surface area contributed by atoms with Crippen molar-refractivity contribution in [2.24, 2.45) is 0 Å². The summed E-state index contributed by atoms with van der Waals surface area (Å²) in [6.45, 7) is 7.38. The van der Waals surface area contributed by atoms with E-state index >= 15 is 0 Å². The van der Waals surface area contributed by atoms with Crippen LogP contribution in [0.5, 0.6) is 0 Å². The number of unbranched alkanes of at least 4 members (excludes halogenated alkanes) is 3. The van der Waals surface area contributed by atoms with Crippen LogP contribution < -0.4 is 5.32 Å². The van der Waals surface area contributed by atoms with E-state index in [-0.39, 0.29) is 12.4 Å². The molecule has 1 N–H and O–H groups in total. The van der Waals surface area contributed by atoms with Crippen LogP contribution in [0.1, 0.15) is 45.1 Å². The van der Waals surface area contributed by atoms with Gasteiger partial charge in [-0.1, -0.05) is 26.2 Å². The van der Waals surface area contributed by atoms with E-state index in [4.69, 9.17) is 0 Å². The Bertz CT molecular complexity index is 261. The summed E-state index contributed by atoms with van der Waals surface area (Å²) in [5.41, 5.74) is 1.28. The SMILES string of the molecule is CCCCCCNCc1cnn(CC)c1.Cl. The molecule has 0 saturated carbocycles. The summed E-state index contributed by atoms with van der Waals surface area (Å²) in [5, 5.41) is 7.68. The van der Waals surface area contributed by atoms with Crippen molar-refractivity contribution in [2.75, 3.05) is 6.54 Å². The molecule has 0 saturated heterocycles. The zero-order valence-electron chi connectivity index (χ0n) is 10.4. The van der Waals surface area contributed by atoms with Crippen molar-refractivity contribution in [3.05, 3.63) is 18.0 Å². The van der Waals surface area contributed by atoms with Crippen molar-refractivity contribution in [1.82, 2.24) is 15.1 Å². The summed E-state index contributed by atoms with van der Waals surface area (Å²) in [7, 11) is 0.